The number of amides is 2. The third kappa shape index (κ3) is 2.53. The van der Waals surface area contributed by atoms with Crippen molar-refractivity contribution < 1.29 is 14.5 Å². The number of anilines is 1. The predicted octanol–water partition coefficient (Wildman–Crippen LogP) is 3.00. The van der Waals surface area contributed by atoms with Crippen LogP contribution in [0.2, 0.25) is 0 Å². The molecular formula is C15H10N2O4S. The highest BCUT2D eigenvalue weighted by atomic mass is 32.1. The van der Waals surface area contributed by atoms with Crippen molar-refractivity contribution in [1.82, 2.24) is 0 Å². The number of rotatable bonds is 3. The molecule has 2 aromatic rings. The SMILES string of the molecule is O=C1C/C(=C\c2ccc([N+](=O)[O-])s2)C(=O)N1c1ccccc1. The number of carbonyl (C=O) groups is 2. The van der Waals surface area contributed by atoms with E-state index >= 15 is 0 Å². The highest BCUT2D eigenvalue weighted by molar-refractivity contribution is 7.16. The standard InChI is InChI=1S/C15H10N2O4S/c18-13-9-10(8-12-6-7-14(22-12)17(20)21)15(19)16(13)11-4-2-1-3-5-11/h1-8H,9H2/b10-8+. The van der Waals surface area contributed by atoms with Gasteiger partial charge in [-0.25, -0.2) is 4.90 Å². The molecule has 0 atom stereocenters. The number of benzene rings is 1. The summed E-state index contributed by atoms with van der Waals surface area (Å²) in [4.78, 5) is 36.3. The molecule has 0 unspecified atom stereocenters. The minimum atomic E-state index is -0.482. The number of nitrogens with zero attached hydrogens (tertiary/aromatic N) is 2. The monoisotopic (exact) mass is 314 g/mol. The van der Waals surface area contributed by atoms with E-state index in [1.54, 1.807) is 42.5 Å². The minimum absolute atomic E-state index is 0.000570. The van der Waals surface area contributed by atoms with Crippen molar-refractivity contribution in [3.63, 3.8) is 0 Å². The molecule has 1 aromatic heterocycles. The highest BCUT2D eigenvalue weighted by Gasteiger charge is 2.34. The molecule has 6 nitrogen and oxygen atoms in total. The molecule has 3 rings (SSSR count). The zero-order valence-corrected chi connectivity index (χ0v) is 12.1. The van der Waals surface area contributed by atoms with Crippen LogP contribution in [0.5, 0.6) is 0 Å². The van der Waals surface area contributed by atoms with Crippen molar-refractivity contribution in [3.8, 4) is 0 Å². The molecule has 0 radical (unpaired) electrons. The van der Waals surface area contributed by atoms with Gasteiger partial charge in [0, 0.05) is 16.5 Å². The second-order valence-electron chi connectivity index (χ2n) is 4.65. The Bertz CT molecular complexity index is 795. The number of imide groups is 1. The van der Waals surface area contributed by atoms with Crippen LogP contribution >= 0.6 is 11.3 Å². The summed E-state index contributed by atoms with van der Waals surface area (Å²) in [7, 11) is 0. The Labute approximate surface area is 129 Å². The van der Waals surface area contributed by atoms with Crippen LogP contribution in [0.3, 0.4) is 0 Å². The highest BCUT2D eigenvalue weighted by Crippen LogP contribution is 2.30. The molecule has 1 aliphatic heterocycles. The van der Waals surface area contributed by atoms with E-state index in [0.29, 0.717) is 16.1 Å². The summed E-state index contributed by atoms with van der Waals surface area (Å²) in [5, 5.41) is 10.7. The smallest absolute Gasteiger partial charge is 0.274 e. The average Bonchev–Trinajstić information content (AvgIpc) is 3.06. The van der Waals surface area contributed by atoms with E-state index < -0.39 is 4.92 Å². The summed E-state index contributed by atoms with van der Waals surface area (Å²) in [6.07, 6.45) is 1.54. The fourth-order valence-electron chi connectivity index (χ4n) is 2.22. The second kappa shape index (κ2) is 5.53. The Kier molecular flexibility index (Phi) is 3.56. The van der Waals surface area contributed by atoms with Gasteiger partial charge < -0.3 is 0 Å². The number of carbonyl (C=O) groups excluding carboxylic acids is 2. The molecule has 1 saturated heterocycles. The summed E-state index contributed by atoms with van der Waals surface area (Å²) in [6.45, 7) is 0. The Morgan fingerprint density at radius 3 is 2.50 bits per heavy atom. The third-order valence-corrected chi connectivity index (χ3v) is 4.18. The Hall–Kier alpha value is -2.80. The summed E-state index contributed by atoms with van der Waals surface area (Å²) >= 11 is 0.971. The quantitative estimate of drug-likeness (QED) is 0.377. The van der Waals surface area contributed by atoms with Gasteiger partial charge >= 0.3 is 5.00 Å². The topological polar surface area (TPSA) is 80.5 Å². The Morgan fingerprint density at radius 2 is 1.86 bits per heavy atom. The lowest BCUT2D eigenvalue weighted by Crippen LogP contribution is -2.28. The molecule has 2 heterocycles. The molecule has 1 aromatic carbocycles. The van der Waals surface area contributed by atoms with Crippen LogP contribution in [0.1, 0.15) is 11.3 Å². The first-order valence-corrected chi connectivity index (χ1v) is 7.25. The average molecular weight is 314 g/mol. The lowest BCUT2D eigenvalue weighted by Gasteiger charge is -2.12. The third-order valence-electron chi connectivity index (χ3n) is 3.19. The van der Waals surface area contributed by atoms with Gasteiger partial charge in [0.1, 0.15) is 0 Å². The number of nitro groups is 1. The van der Waals surface area contributed by atoms with Crippen LogP contribution in [0, 0.1) is 10.1 Å². The van der Waals surface area contributed by atoms with Gasteiger partial charge in [-0.1, -0.05) is 29.5 Å². The maximum atomic E-state index is 12.4. The van der Waals surface area contributed by atoms with Crippen LogP contribution in [0.15, 0.2) is 48.0 Å². The van der Waals surface area contributed by atoms with Gasteiger partial charge in [0.05, 0.1) is 17.0 Å². The molecule has 1 aliphatic rings. The molecule has 0 bridgehead atoms. The first-order valence-electron chi connectivity index (χ1n) is 6.43. The van der Waals surface area contributed by atoms with E-state index in [0.717, 1.165) is 16.2 Å². The van der Waals surface area contributed by atoms with Crippen molar-refractivity contribution in [2.75, 3.05) is 4.90 Å². The molecule has 7 heteroatoms. The lowest BCUT2D eigenvalue weighted by molar-refractivity contribution is -0.380. The summed E-state index contributed by atoms with van der Waals surface area (Å²) in [6, 6.07) is 11.6. The van der Waals surface area contributed by atoms with Crippen molar-refractivity contribution in [3.05, 3.63) is 63.0 Å². The van der Waals surface area contributed by atoms with Gasteiger partial charge in [-0.05, 0) is 24.3 Å². The number of hydrogen-bond acceptors (Lipinski definition) is 5. The molecule has 1 fully saturated rings. The van der Waals surface area contributed by atoms with Crippen molar-refractivity contribution in [2.45, 2.75) is 6.42 Å². The zero-order chi connectivity index (χ0) is 15.7. The normalized spacial score (nSPS) is 16.5. The summed E-state index contributed by atoms with van der Waals surface area (Å²) in [5.74, 6) is -0.680. The lowest BCUT2D eigenvalue weighted by atomic mass is 10.2. The van der Waals surface area contributed by atoms with Gasteiger partial charge in [0.2, 0.25) is 5.91 Å². The molecule has 0 spiro atoms. The van der Waals surface area contributed by atoms with E-state index in [1.165, 1.54) is 6.07 Å². The molecular weight excluding hydrogens is 304 g/mol. The van der Waals surface area contributed by atoms with Gasteiger partial charge in [-0.2, -0.15) is 0 Å². The maximum absolute atomic E-state index is 12.4. The van der Waals surface area contributed by atoms with Gasteiger partial charge in [-0.3, -0.25) is 19.7 Å². The maximum Gasteiger partial charge on any atom is 0.324 e. The van der Waals surface area contributed by atoms with Crippen molar-refractivity contribution in [2.24, 2.45) is 0 Å². The molecule has 0 saturated carbocycles. The molecule has 2 amide bonds. The fraction of sp³-hybridized carbons (Fsp3) is 0.0667. The molecule has 0 N–H and O–H groups in total. The van der Waals surface area contributed by atoms with Gasteiger partial charge in [-0.15, -0.1) is 0 Å². The fourth-order valence-corrected chi connectivity index (χ4v) is 3.00. The van der Waals surface area contributed by atoms with Crippen molar-refractivity contribution >= 4 is 39.9 Å². The van der Waals surface area contributed by atoms with Crippen LogP contribution in [0.25, 0.3) is 6.08 Å². The number of hydrogen-bond donors (Lipinski definition) is 0. The Morgan fingerprint density at radius 1 is 1.14 bits per heavy atom. The molecule has 0 aliphatic carbocycles. The van der Waals surface area contributed by atoms with E-state index in [-0.39, 0.29) is 23.2 Å². The van der Waals surface area contributed by atoms with Crippen LogP contribution in [-0.4, -0.2) is 16.7 Å². The number of para-hydroxylation sites is 1. The predicted molar refractivity (Wildman–Crippen MR) is 82.5 cm³/mol. The zero-order valence-electron chi connectivity index (χ0n) is 11.3. The number of thiophene rings is 1. The minimum Gasteiger partial charge on any atom is -0.274 e. The van der Waals surface area contributed by atoms with Crippen LogP contribution in [-0.2, 0) is 9.59 Å². The first kappa shape index (κ1) is 14.2. The van der Waals surface area contributed by atoms with E-state index in [9.17, 15) is 19.7 Å². The first-order chi connectivity index (χ1) is 10.6. The van der Waals surface area contributed by atoms with Gasteiger partial charge in [0.25, 0.3) is 5.91 Å². The summed E-state index contributed by atoms with van der Waals surface area (Å²) in [5.41, 5.74) is 0.865. The molecule has 110 valence electrons. The van der Waals surface area contributed by atoms with E-state index in [2.05, 4.69) is 0 Å². The van der Waals surface area contributed by atoms with Gasteiger partial charge in [0.15, 0.2) is 0 Å². The Balaban J connectivity index is 1.90. The van der Waals surface area contributed by atoms with Crippen LogP contribution < -0.4 is 4.90 Å². The summed E-state index contributed by atoms with van der Waals surface area (Å²) < 4.78 is 0. The largest absolute Gasteiger partial charge is 0.324 e. The van der Waals surface area contributed by atoms with E-state index in [4.69, 9.17) is 0 Å². The molecule has 22 heavy (non-hydrogen) atoms. The van der Waals surface area contributed by atoms with Crippen molar-refractivity contribution in [1.29, 1.82) is 0 Å². The second-order valence-corrected chi connectivity index (χ2v) is 5.74. The van der Waals surface area contributed by atoms with E-state index in [1.807, 2.05) is 0 Å². The van der Waals surface area contributed by atoms with Crippen LogP contribution in [0.4, 0.5) is 10.7 Å².